The summed E-state index contributed by atoms with van der Waals surface area (Å²) >= 11 is 0. The van der Waals surface area contributed by atoms with Crippen LogP contribution in [0.25, 0.3) is 39.3 Å². The standard InChI is InChI=1S/C24H16N8O/c33-24(16-6-7-20-21(12-16)27-14-26-20)28-18-5-1-3-15(11-18)19-8-9-22-29-30-23(32(22)31-19)17-4-2-10-25-13-17/h1-14H,(H,26,27)(H,28,33). The maximum absolute atomic E-state index is 12.8. The fraction of sp³-hybridized carbons (Fsp3) is 0. The molecule has 33 heavy (non-hydrogen) atoms. The van der Waals surface area contributed by atoms with Crippen molar-refractivity contribution in [3.05, 3.63) is 91.0 Å². The first-order valence-electron chi connectivity index (χ1n) is 10.2. The van der Waals surface area contributed by atoms with E-state index < -0.39 is 0 Å². The SMILES string of the molecule is O=C(Nc1cccc(-c2ccc3nnc(-c4cccnc4)n3n2)c1)c1ccc2nc[nH]c2c1. The molecule has 0 aliphatic heterocycles. The predicted molar refractivity (Wildman–Crippen MR) is 123 cm³/mol. The van der Waals surface area contributed by atoms with Gasteiger partial charge in [0.2, 0.25) is 0 Å². The third-order valence-electron chi connectivity index (χ3n) is 5.28. The van der Waals surface area contributed by atoms with Crippen LogP contribution in [-0.4, -0.2) is 40.7 Å². The van der Waals surface area contributed by atoms with Gasteiger partial charge in [0.05, 0.1) is 23.1 Å². The highest BCUT2D eigenvalue weighted by Gasteiger charge is 2.12. The molecule has 9 heteroatoms. The van der Waals surface area contributed by atoms with Crippen LogP contribution in [-0.2, 0) is 0 Å². The Kier molecular flexibility index (Phi) is 4.36. The van der Waals surface area contributed by atoms with Crippen LogP contribution in [0.2, 0.25) is 0 Å². The molecule has 6 aromatic rings. The molecule has 4 heterocycles. The van der Waals surface area contributed by atoms with Gasteiger partial charge >= 0.3 is 0 Å². The molecule has 0 fully saturated rings. The van der Waals surface area contributed by atoms with Crippen LogP contribution in [0.1, 0.15) is 10.4 Å². The Bertz CT molecular complexity index is 1620. The summed E-state index contributed by atoms with van der Waals surface area (Å²) in [5.74, 6) is 0.406. The maximum Gasteiger partial charge on any atom is 0.255 e. The van der Waals surface area contributed by atoms with E-state index in [4.69, 9.17) is 5.10 Å². The van der Waals surface area contributed by atoms with Gasteiger partial charge in [-0.25, -0.2) is 4.98 Å². The molecule has 1 amide bonds. The van der Waals surface area contributed by atoms with Crippen LogP contribution in [0.3, 0.4) is 0 Å². The molecule has 4 aromatic heterocycles. The summed E-state index contributed by atoms with van der Waals surface area (Å²) < 4.78 is 1.69. The van der Waals surface area contributed by atoms with Gasteiger partial charge in [-0.15, -0.1) is 10.2 Å². The second-order valence-corrected chi connectivity index (χ2v) is 7.42. The molecule has 2 N–H and O–H groups in total. The number of benzene rings is 2. The summed E-state index contributed by atoms with van der Waals surface area (Å²) in [6.07, 6.45) is 5.04. The number of hydrogen-bond donors (Lipinski definition) is 2. The second kappa shape index (κ2) is 7.65. The fourth-order valence-corrected chi connectivity index (χ4v) is 3.65. The first-order chi connectivity index (χ1) is 16.2. The molecule has 0 atom stereocenters. The van der Waals surface area contributed by atoms with E-state index in [1.165, 1.54) is 0 Å². The Morgan fingerprint density at radius 2 is 1.88 bits per heavy atom. The van der Waals surface area contributed by atoms with E-state index in [0.29, 0.717) is 22.7 Å². The first kappa shape index (κ1) is 18.8. The number of carbonyl (C=O) groups excluding carboxylic acids is 1. The molecule has 0 saturated carbocycles. The van der Waals surface area contributed by atoms with Gasteiger partial charge in [-0.2, -0.15) is 9.61 Å². The number of nitrogens with zero attached hydrogens (tertiary/aromatic N) is 6. The van der Waals surface area contributed by atoms with Crippen molar-refractivity contribution in [3.63, 3.8) is 0 Å². The lowest BCUT2D eigenvalue weighted by atomic mass is 10.1. The Labute approximate surface area is 187 Å². The molecular formula is C24H16N8O. The summed E-state index contributed by atoms with van der Waals surface area (Å²) in [6.45, 7) is 0. The molecule has 0 saturated heterocycles. The minimum absolute atomic E-state index is 0.204. The Morgan fingerprint density at radius 1 is 0.939 bits per heavy atom. The normalized spacial score (nSPS) is 11.2. The molecule has 2 aromatic carbocycles. The van der Waals surface area contributed by atoms with E-state index >= 15 is 0 Å². The fourth-order valence-electron chi connectivity index (χ4n) is 3.65. The van der Waals surface area contributed by atoms with E-state index in [2.05, 4.69) is 30.5 Å². The zero-order valence-electron chi connectivity index (χ0n) is 17.2. The number of pyridine rings is 1. The maximum atomic E-state index is 12.8. The van der Waals surface area contributed by atoms with Gasteiger partial charge in [0.1, 0.15) is 0 Å². The summed E-state index contributed by atoms with van der Waals surface area (Å²) in [6, 6.07) is 20.4. The number of amides is 1. The molecule has 6 rings (SSSR count). The van der Waals surface area contributed by atoms with Crippen molar-refractivity contribution in [2.45, 2.75) is 0 Å². The summed E-state index contributed by atoms with van der Waals surface area (Å²) in [5, 5.41) is 16.1. The number of rotatable bonds is 4. The van der Waals surface area contributed by atoms with Gasteiger partial charge < -0.3 is 10.3 Å². The molecule has 158 valence electrons. The van der Waals surface area contributed by atoms with Gasteiger partial charge in [0.15, 0.2) is 11.5 Å². The number of anilines is 1. The summed E-state index contributed by atoms with van der Waals surface area (Å²) in [4.78, 5) is 24.1. The van der Waals surface area contributed by atoms with Gasteiger partial charge in [0, 0.05) is 34.8 Å². The molecule has 0 aliphatic rings. The van der Waals surface area contributed by atoms with Crippen molar-refractivity contribution >= 4 is 28.3 Å². The van der Waals surface area contributed by atoms with Crippen LogP contribution in [0.5, 0.6) is 0 Å². The average molecular weight is 432 g/mol. The number of fused-ring (bicyclic) bond motifs is 2. The number of H-pyrrole nitrogens is 1. The van der Waals surface area contributed by atoms with Crippen molar-refractivity contribution in [1.82, 2.24) is 34.8 Å². The molecule has 0 bridgehead atoms. The molecule has 0 aliphatic carbocycles. The number of nitrogens with one attached hydrogen (secondary N) is 2. The highest BCUT2D eigenvalue weighted by atomic mass is 16.1. The molecule has 0 spiro atoms. The first-order valence-corrected chi connectivity index (χ1v) is 10.2. The number of carbonyl (C=O) groups is 1. The number of aromatic nitrogens is 7. The minimum Gasteiger partial charge on any atom is -0.345 e. The van der Waals surface area contributed by atoms with Crippen molar-refractivity contribution in [3.8, 4) is 22.6 Å². The van der Waals surface area contributed by atoms with Gasteiger partial charge in [-0.05, 0) is 54.6 Å². The predicted octanol–water partition coefficient (Wildman–Crippen LogP) is 3.98. The Morgan fingerprint density at radius 3 is 2.79 bits per heavy atom. The molecule has 9 nitrogen and oxygen atoms in total. The topological polar surface area (TPSA) is 114 Å². The van der Waals surface area contributed by atoms with Gasteiger partial charge in [-0.1, -0.05) is 12.1 Å². The Balaban J connectivity index is 1.31. The number of aromatic amines is 1. The second-order valence-electron chi connectivity index (χ2n) is 7.42. The van der Waals surface area contributed by atoms with Gasteiger partial charge in [0.25, 0.3) is 5.91 Å². The highest BCUT2D eigenvalue weighted by molar-refractivity contribution is 6.06. The lowest BCUT2D eigenvalue weighted by Gasteiger charge is -2.08. The third-order valence-corrected chi connectivity index (χ3v) is 5.28. The number of imidazole rings is 1. The Hall–Kier alpha value is -4.92. The smallest absolute Gasteiger partial charge is 0.255 e. The van der Waals surface area contributed by atoms with Crippen molar-refractivity contribution in [1.29, 1.82) is 0 Å². The zero-order valence-corrected chi connectivity index (χ0v) is 17.2. The lowest BCUT2D eigenvalue weighted by molar-refractivity contribution is 0.102. The molecule has 0 unspecified atom stereocenters. The van der Waals surface area contributed by atoms with Crippen LogP contribution >= 0.6 is 0 Å². The van der Waals surface area contributed by atoms with E-state index in [1.54, 1.807) is 35.4 Å². The van der Waals surface area contributed by atoms with E-state index in [-0.39, 0.29) is 5.91 Å². The van der Waals surface area contributed by atoms with Crippen molar-refractivity contribution < 1.29 is 4.79 Å². The molecular weight excluding hydrogens is 416 g/mol. The lowest BCUT2D eigenvalue weighted by Crippen LogP contribution is -2.11. The van der Waals surface area contributed by atoms with Crippen LogP contribution in [0.4, 0.5) is 5.69 Å². The minimum atomic E-state index is -0.204. The zero-order chi connectivity index (χ0) is 22.2. The van der Waals surface area contributed by atoms with Crippen LogP contribution in [0.15, 0.2) is 85.5 Å². The quantitative estimate of drug-likeness (QED) is 0.436. The van der Waals surface area contributed by atoms with E-state index in [0.717, 1.165) is 27.9 Å². The molecule has 0 radical (unpaired) electrons. The summed E-state index contributed by atoms with van der Waals surface area (Å²) in [5.41, 5.74) is 5.87. The van der Waals surface area contributed by atoms with Crippen molar-refractivity contribution in [2.24, 2.45) is 0 Å². The van der Waals surface area contributed by atoms with E-state index in [9.17, 15) is 4.79 Å². The van der Waals surface area contributed by atoms with Crippen LogP contribution in [0, 0.1) is 0 Å². The monoisotopic (exact) mass is 432 g/mol. The summed E-state index contributed by atoms with van der Waals surface area (Å²) in [7, 11) is 0. The third kappa shape index (κ3) is 3.47. The largest absolute Gasteiger partial charge is 0.345 e. The van der Waals surface area contributed by atoms with Gasteiger partial charge in [-0.3, -0.25) is 9.78 Å². The van der Waals surface area contributed by atoms with Crippen LogP contribution < -0.4 is 5.32 Å². The number of hydrogen-bond acceptors (Lipinski definition) is 6. The van der Waals surface area contributed by atoms with E-state index in [1.807, 2.05) is 54.6 Å². The highest BCUT2D eigenvalue weighted by Crippen LogP contribution is 2.24. The van der Waals surface area contributed by atoms with Crippen molar-refractivity contribution in [2.75, 3.05) is 5.32 Å². The average Bonchev–Trinajstić information content (AvgIpc) is 3.51.